The molecule has 0 aliphatic carbocycles. The summed E-state index contributed by atoms with van der Waals surface area (Å²) in [4.78, 5) is 0. The van der Waals surface area contributed by atoms with Gasteiger partial charge in [0.05, 0.1) is 0 Å². The molecule has 112 valence electrons. The maximum Gasteiger partial charge on any atom is 0.129 e. The average molecular weight is 287 g/mol. The van der Waals surface area contributed by atoms with Crippen LogP contribution < -0.4 is 10.1 Å². The predicted octanol–water partition coefficient (Wildman–Crippen LogP) is 4.47. The number of rotatable bonds is 7. The molecular weight excluding hydrogens is 265 g/mol. The molecule has 2 rings (SSSR count). The molecule has 0 aliphatic heterocycles. The third kappa shape index (κ3) is 4.30. The third-order valence-electron chi connectivity index (χ3n) is 3.49. The quantitative estimate of drug-likeness (QED) is 0.811. The minimum Gasteiger partial charge on any atom is -0.489 e. The van der Waals surface area contributed by atoms with E-state index in [0.717, 1.165) is 18.7 Å². The van der Waals surface area contributed by atoms with E-state index in [9.17, 15) is 4.39 Å². The second-order valence-electron chi connectivity index (χ2n) is 4.97. The van der Waals surface area contributed by atoms with E-state index in [1.54, 1.807) is 12.1 Å². The highest BCUT2D eigenvalue weighted by Crippen LogP contribution is 2.21. The number of halogens is 1. The van der Waals surface area contributed by atoms with Gasteiger partial charge in [-0.25, -0.2) is 4.39 Å². The number of hydrogen-bond acceptors (Lipinski definition) is 2. The van der Waals surface area contributed by atoms with E-state index in [1.807, 2.05) is 18.2 Å². The maximum atomic E-state index is 13.5. The molecule has 1 unspecified atom stereocenters. The molecule has 0 fully saturated rings. The summed E-state index contributed by atoms with van der Waals surface area (Å²) in [6.45, 7) is 5.46. The largest absolute Gasteiger partial charge is 0.489 e. The molecule has 0 radical (unpaired) electrons. The van der Waals surface area contributed by atoms with Gasteiger partial charge in [0, 0.05) is 11.6 Å². The summed E-state index contributed by atoms with van der Waals surface area (Å²) in [6.07, 6.45) is 1.04. The van der Waals surface area contributed by atoms with Crippen molar-refractivity contribution in [1.29, 1.82) is 0 Å². The Morgan fingerprint density at radius 1 is 1.05 bits per heavy atom. The Morgan fingerprint density at radius 2 is 1.76 bits per heavy atom. The fourth-order valence-corrected chi connectivity index (χ4v) is 2.32. The van der Waals surface area contributed by atoms with E-state index in [0.29, 0.717) is 11.6 Å². The van der Waals surface area contributed by atoms with Gasteiger partial charge in [0.25, 0.3) is 0 Å². The van der Waals surface area contributed by atoms with Crippen LogP contribution in [0.1, 0.15) is 37.4 Å². The molecule has 2 aromatic carbocycles. The van der Waals surface area contributed by atoms with Crippen LogP contribution in [0.2, 0.25) is 0 Å². The van der Waals surface area contributed by atoms with E-state index < -0.39 is 0 Å². The van der Waals surface area contributed by atoms with Gasteiger partial charge in [-0.1, -0.05) is 44.2 Å². The molecule has 21 heavy (non-hydrogen) atoms. The van der Waals surface area contributed by atoms with Crippen molar-refractivity contribution in [2.24, 2.45) is 0 Å². The van der Waals surface area contributed by atoms with E-state index in [2.05, 4.69) is 31.3 Å². The minimum atomic E-state index is -0.229. The zero-order valence-corrected chi connectivity index (χ0v) is 12.6. The number of hydrogen-bond donors (Lipinski definition) is 1. The molecule has 1 N–H and O–H groups in total. The molecule has 0 amide bonds. The first-order valence-corrected chi connectivity index (χ1v) is 7.44. The Labute approximate surface area is 126 Å². The van der Waals surface area contributed by atoms with Crippen molar-refractivity contribution < 1.29 is 9.13 Å². The van der Waals surface area contributed by atoms with Gasteiger partial charge in [-0.2, -0.15) is 0 Å². The molecule has 1 atom stereocenters. The van der Waals surface area contributed by atoms with Crippen molar-refractivity contribution in [1.82, 2.24) is 5.32 Å². The molecule has 0 aromatic heterocycles. The van der Waals surface area contributed by atoms with Crippen LogP contribution in [0.5, 0.6) is 5.75 Å². The summed E-state index contributed by atoms with van der Waals surface area (Å²) in [5.74, 6) is 0.528. The van der Waals surface area contributed by atoms with Gasteiger partial charge in [0.2, 0.25) is 0 Å². The Balaban J connectivity index is 1.98. The highest BCUT2D eigenvalue weighted by atomic mass is 19.1. The van der Waals surface area contributed by atoms with Crippen LogP contribution in [0, 0.1) is 5.82 Å². The highest BCUT2D eigenvalue weighted by molar-refractivity contribution is 5.29. The van der Waals surface area contributed by atoms with Crippen molar-refractivity contribution in [3.05, 3.63) is 65.5 Å². The second kappa shape index (κ2) is 7.79. The number of nitrogens with one attached hydrogen (secondary N) is 1. The van der Waals surface area contributed by atoms with E-state index in [1.165, 1.54) is 11.6 Å². The van der Waals surface area contributed by atoms with Crippen molar-refractivity contribution >= 4 is 0 Å². The first-order chi connectivity index (χ1) is 10.2. The molecular formula is C18H22FNO. The summed E-state index contributed by atoms with van der Waals surface area (Å²) in [6, 6.07) is 15.1. The summed E-state index contributed by atoms with van der Waals surface area (Å²) in [5.41, 5.74) is 1.82. The summed E-state index contributed by atoms with van der Waals surface area (Å²) >= 11 is 0. The summed E-state index contributed by atoms with van der Waals surface area (Å²) < 4.78 is 19.1. The van der Waals surface area contributed by atoms with Gasteiger partial charge >= 0.3 is 0 Å². The zero-order chi connectivity index (χ0) is 15.1. The molecule has 2 aromatic rings. The lowest BCUT2D eigenvalue weighted by Crippen LogP contribution is -2.19. The molecule has 0 saturated heterocycles. The predicted molar refractivity (Wildman–Crippen MR) is 83.9 cm³/mol. The van der Waals surface area contributed by atoms with E-state index in [-0.39, 0.29) is 12.4 Å². The van der Waals surface area contributed by atoms with Crippen LogP contribution >= 0.6 is 0 Å². The maximum absolute atomic E-state index is 13.5. The van der Waals surface area contributed by atoms with Crippen molar-refractivity contribution in [3.8, 4) is 5.75 Å². The SMILES string of the molecule is CCNC(CC)c1ccc(OCc2ccccc2F)cc1. The first kappa shape index (κ1) is 15.5. The second-order valence-corrected chi connectivity index (χ2v) is 4.97. The Bertz CT molecular complexity index is 553. The standard InChI is InChI=1S/C18H22FNO/c1-3-18(20-4-2)14-9-11-16(12-10-14)21-13-15-7-5-6-8-17(15)19/h5-12,18,20H,3-4,13H2,1-2H3. The lowest BCUT2D eigenvalue weighted by molar-refractivity contribution is 0.299. The smallest absolute Gasteiger partial charge is 0.129 e. The highest BCUT2D eigenvalue weighted by Gasteiger charge is 2.07. The van der Waals surface area contributed by atoms with Gasteiger partial charge in [-0.05, 0) is 36.7 Å². The van der Waals surface area contributed by atoms with Crippen LogP contribution in [0.25, 0.3) is 0 Å². The molecule has 0 bridgehead atoms. The van der Waals surface area contributed by atoms with Crippen molar-refractivity contribution in [2.75, 3.05) is 6.54 Å². The van der Waals surface area contributed by atoms with Crippen LogP contribution in [0.3, 0.4) is 0 Å². The van der Waals surface area contributed by atoms with E-state index >= 15 is 0 Å². The molecule has 2 nitrogen and oxygen atoms in total. The Hall–Kier alpha value is -1.87. The van der Waals surface area contributed by atoms with Crippen LogP contribution in [0.15, 0.2) is 48.5 Å². The number of benzene rings is 2. The average Bonchev–Trinajstić information content (AvgIpc) is 2.52. The van der Waals surface area contributed by atoms with Gasteiger partial charge in [-0.15, -0.1) is 0 Å². The molecule has 0 saturated carbocycles. The number of ether oxygens (including phenoxy) is 1. The monoisotopic (exact) mass is 287 g/mol. The van der Waals surface area contributed by atoms with Gasteiger partial charge in [-0.3, -0.25) is 0 Å². The van der Waals surface area contributed by atoms with Crippen molar-refractivity contribution in [2.45, 2.75) is 32.9 Å². The van der Waals surface area contributed by atoms with Gasteiger partial charge < -0.3 is 10.1 Å². The topological polar surface area (TPSA) is 21.3 Å². The van der Waals surface area contributed by atoms with Gasteiger partial charge in [0.15, 0.2) is 0 Å². The normalized spacial score (nSPS) is 12.1. The fourth-order valence-electron chi connectivity index (χ4n) is 2.32. The van der Waals surface area contributed by atoms with Gasteiger partial charge in [0.1, 0.15) is 18.2 Å². The summed E-state index contributed by atoms with van der Waals surface area (Å²) in [5, 5.41) is 3.44. The zero-order valence-electron chi connectivity index (χ0n) is 12.6. The van der Waals surface area contributed by atoms with Crippen LogP contribution in [0.4, 0.5) is 4.39 Å². The third-order valence-corrected chi connectivity index (χ3v) is 3.49. The first-order valence-electron chi connectivity index (χ1n) is 7.44. The molecule has 0 spiro atoms. The molecule has 0 aliphatic rings. The fraction of sp³-hybridized carbons (Fsp3) is 0.333. The van der Waals surface area contributed by atoms with Crippen LogP contribution in [-0.4, -0.2) is 6.54 Å². The lowest BCUT2D eigenvalue weighted by Gasteiger charge is -2.16. The van der Waals surface area contributed by atoms with E-state index in [4.69, 9.17) is 4.74 Å². The minimum absolute atomic E-state index is 0.229. The summed E-state index contributed by atoms with van der Waals surface area (Å²) in [7, 11) is 0. The lowest BCUT2D eigenvalue weighted by atomic mass is 10.0. The Kier molecular flexibility index (Phi) is 5.76. The Morgan fingerprint density at radius 3 is 2.38 bits per heavy atom. The van der Waals surface area contributed by atoms with Crippen molar-refractivity contribution in [3.63, 3.8) is 0 Å². The molecule has 3 heteroatoms. The molecule has 0 heterocycles. The van der Waals surface area contributed by atoms with Crippen LogP contribution in [-0.2, 0) is 6.61 Å².